The van der Waals surface area contributed by atoms with Gasteiger partial charge in [-0.15, -0.1) is 0 Å². The van der Waals surface area contributed by atoms with Crippen LogP contribution in [0.25, 0.3) is 0 Å². The summed E-state index contributed by atoms with van der Waals surface area (Å²) in [6, 6.07) is 55.3. The van der Waals surface area contributed by atoms with Gasteiger partial charge in [0, 0.05) is 94.4 Å². The van der Waals surface area contributed by atoms with Crippen molar-refractivity contribution < 1.29 is 82.5 Å². The topological polar surface area (TPSA) is 312 Å². The molecule has 4 unspecified atom stereocenters. The molecular formula is C85H93ClN4O17. The Hall–Kier alpha value is -11.2. The SMILES string of the molecule is COc1ccc(C(CC(=O)NCCc2ccc3c(c2)OCC3)C(=O)O)cc1.Cc1ccc(CC(CC(=O)NCCc2ccc3c(c2)OCC3)C(=O)O)cc1.O=C(O)CC(CC(=O)NCCc1ccc2c(c1)OCC2)c1ccc(Cl)cc1.O=C(O)CC(CC(=O)NCCc1ccc2c(c1)OCC2)c1ccccc1. The zero-order valence-electron chi connectivity index (χ0n) is 60.3. The number of carboxylic acid groups (broad SMARTS) is 4. The third kappa shape index (κ3) is 26.1. The lowest BCUT2D eigenvalue weighted by Gasteiger charge is -2.15. The van der Waals surface area contributed by atoms with Gasteiger partial charge in [0.15, 0.2) is 0 Å². The highest BCUT2D eigenvalue weighted by molar-refractivity contribution is 6.30. The van der Waals surface area contributed by atoms with Gasteiger partial charge in [-0.2, -0.15) is 0 Å². The van der Waals surface area contributed by atoms with E-state index in [1.165, 1.54) is 22.3 Å². The van der Waals surface area contributed by atoms with Gasteiger partial charge < -0.3 is 65.4 Å². The van der Waals surface area contributed by atoms with Gasteiger partial charge in [0.1, 0.15) is 28.7 Å². The van der Waals surface area contributed by atoms with Gasteiger partial charge in [-0.05, 0) is 154 Å². The van der Waals surface area contributed by atoms with Gasteiger partial charge >= 0.3 is 23.9 Å². The number of hydrogen-bond acceptors (Lipinski definition) is 13. The summed E-state index contributed by atoms with van der Waals surface area (Å²) in [5, 5.41) is 49.2. The number of aryl methyl sites for hydroxylation is 1. The summed E-state index contributed by atoms with van der Waals surface area (Å²) in [6.45, 7) is 6.85. The van der Waals surface area contributed by atoms with E-state index < -0.39 is 35.7 Å². The van der Waals surface area contributed by atoms with Crippen molar-refractivity contribution in [3.05, 3.63) is 253 Å². The third-order valence-corrected chi connectivity index (χ3v) is 19.1. The highest BCUT2D eigenvalue weighted by Gasteiger charge is 2.26. The lowest BCUT2D eigenvalue weighted by atomic mass is 9.92. The van der Waals surface area contributed by atoms with E-state index >= 15 is 0 Å². The van der Waals surface area contributed by atoms with Gasteiger partial charge in [-0.3, -0.25) is 38.4 Å². The molecule has 107 heavy (non-hydrogen) atoms. The lowest BCUT2D eigenvalue weighted by molar-refractivity contribution is -0.144. The molecule has 4 aliphatic heterocycles. The molecule has 22 heteroatoms. The van der Waals surface area contributed by atoms with Crippen LogP contribution in [0.2, 0.25) is 5.02 Å². The second-order valence-corrected chi connectivity index (χ2v) is 27.3. The number of rotatable bonds is 32. The number of carboxylic acids is 4. The number of fused-ring (bicyclic) bond motifs is 4. The van der Waals surface area contributed by atoms with Crippen LogP contribution < -0.4 is 45.0 Å². The Labute approximate surface area is 628 Å². The summed E-state index contributed by atoms with van der Waals surface area (Å²) in [5.41, 5.74) is 13.6. The Balaban J connectivity index is 0.000000165. The minimum Gasteiger partial charge on any atom is -0.497 e. The summed E-state index contributed by atoms with van der Waals surface area (Å²) in [6.07, 6.45) is 6.94. The zero-order chi connectivity index (χ0) is 76.0. The van der Waals surface area contributed by atoms with Crippen molar-refractivity contribution in [3.63, 3.8) is 0 Å². The molecule has 8 aromatic rings. The number of methoxy groups -OCH3 is 1. The second kappa shape index (κ2) is 40.9. The van der Waals surface area contributed by atoms with Crippen molar-refractivity contribution in [1.29, 1.82) is 0 Å². The fourth-order valence-corrected chi connectivity index (χ4v) is 13.1. The van der Waals surface area contributed by atoms with Gasteiger partial charge in [-0.1, -0.05) is 145 Å². The van der Waals surface area contributed by atoms with Crippen molar-refractivity contribution >= 4 is 59.1 Å². The van der Waals surface area contributed by atoms with E-state index in [-0.39, 0.29) is 74.0 Å². The monoisotopic (exact) mass is 1480 g/mol. The van der Waals surface area contributed by atoms with Crippen molar-refractivity contribution in [2.75, 3.05) is 59.7 Å². The first-order valence-electron chi connectivity index (χ1n) is 36.1. The molecule has 0 spiro atoms. The predicted molar refractivity (Wildman–Crippen MR) is 405 cm³/mol. The molecule has 0 fully saturated rings. The summed E-state index contributed by atoms with van der Waals surface area (Å²) in [7, 11) is 1.55. The highest BCUT2D eigenvalue weighted by atomic mass is 35.5. The average molecular weight is 1480 g/mol. The number of hydrogen-bond donors (Lipinski definition) is 8. The quantitative estimate of drug-likeness (QED) is 0.0194. The maximum atomic E-state index is 12.3. The first-order valence-corrected chi connectivity index (χ1v) is 36.5. The Kier molecular flexibility index (Phi) is 30.6. The smallest absolute Gasteiger partial charge is 0.311 e. The van der Waals surface area contributed by atoms with Crippen LogP contribution >= 0.6 is 11.6 Å². The number of amides is 4. The van der Waals surface area contributed by atoms with E-state index in [9.17, 15) is 48.6 Å². The van der Waals surface area contributed by atoms with Crippen LogP contribution in [-0.4, -0.2) is 128 Å². The van der Waals surface area contributed by atoms with Crippen molar-refractivity contribution in [2.24, 2.45) is 5.92 Å². The molecule has 0 aromatic heterocycles. The third-order valence-electron chi connectivity index (χ3n) is 18.9. The normalized spacial score (nSPS) is 13.5. The van der Waals surface area contributed by atoms with Crippen molar-refractivity contribution in [2.45, 2.75) is 121 Å². The summed E-state index contributed by atoms with van der Waals surface area (Å²) in [5.74, 6) is -2.52. The molecule has 8 N–H and O–H groups in total. The van der Waals surface area contributed by atoms with E-state index in [0.29, 0.717) is 68.2 Å². The first-order chi connectivity index (χ1) is 51.7. The van der Waals surface area contributed by atoms with E-state index in [1.807, 2.05) is 91.9 Å². The molecule has 12 rings (SSSR count). The lowest BCUT2D eigenvalue weighted by Crippen LogP contribution is -2.30. The maximum absolute atomic E-state index is 12.3. The zero-order valence-corrected chi connectivity index (χ0v) is 61.0. The second-order valence-electron chi connectivity index (χ2n) is 26.8. The molecule has 4 atom stereocenters. The Morgan fingerprint density at radius 1 is 0.402 bits per heavy atom. The molecular weight excluding hydrogens is 1380 g/mol. The number of aliphatic carboxylic acids is 4. The number of halogens is 1. The molecule has 0 bridgehead atoms. The van der Waals surface area contributed by atoms with Gasteiger partial charge in [0.2, 0.25) is 23.6 Å². The van der Waals surface area contributed by atoms with Gasteiger partial charge in [-0.25, -0.2) is 0 Å². The largest absolute Gasteiger partial charge is 0.497 e. The molecule has 4 heterocycles. The Morgan fingerprint density at radius 2 is 0.757 bits per heavy atom. The van der Waals surface area contributed by atoms with Gasteiger partial charge in [0.05, 0.1) is 58.2 Å². The number of carbonyl (C=O) groups is 8. The van der Waals surface area contributed by atoms with Crippen LogP contribution in [0.3, 0.4) is 0 Å². The predicted octanol–water partition coefficient (Wildman–Crippen LogP) is 12.0. The Morgan fingerprint density at radius 3 is 1.12 bits per heavy atom. The highest BCUT2D eigenvalue weighted by Crippen LogP contribution is 2.32. The summed E-state index contributed by atoms with van der Waals surface area (Å²) in [4.78, 5) is 94.3. The number of carbonyl (C=O) groups excluding carboxylic acids is 4. The van der Waals surface area contributed by atoms with E-state index in [1.54, 1.807) is 55.6 Å². The van der Waals surface area contributed by atoms with Crippen LogP contribution in [-0.2, 0) is 96.1 Å². The molecule has 4 amide bonds. The molecule has 0 saturated carbocycles. The molecule has 8 aromatic carbocycles. The van der Waals surface area contributed by atoms with Crippen LogP contribution in [0.4, 0.5) is 0 Å². The van der Waals surface area contributed by atoms with Crippen molar-refractivity contribution in [3.8, 4) is 28.7 Å². The summed E-state index contributed by atoms with van der Waals surface area (Å²) >= 11 is 5.89. The fourth-order valence-electron chi connectivity index (χ4n) is 12.9. The van der Waals surface area contributed by atoms with E-state index in [4.69, 9.17) is 45.5 Å². The first kappa shape index (κ1) is 79.9. The fraction of sp³-hybridized carbons (Fsp3) is 0.341. The van der Waals surface area contributed by atoms with Crippen LogP contribution in [0.1, 0.15) is 129 Å². The van der Waals surface area contributed by atoms with Crippen LogP contribution in [0, 0.1) is 12.8 Å². The molecule has 562 valence electrons. The Bertz CT molecular complexity index is 4320. The standard InChI is InChI=1S/C22H25NO4.C21H22ClNO4.C21H23NO5.C21H23NO4/c1-15-2-4-16(5-3-15)12-19(22(25)26)14-21(24)23-10-8-17-6-7-18-9-11-27-20(18)13-17;22-18-5-3-15(4-6-18)17(13-21(25)26)12-20(24)23-9-7-14-1-2-16-8-10-27-19(16)11-14;1-26-17-6-4-15(5-7-17)18(21(24)25)13-20(23)22-10-8-14-2-3-16-9-11-27-19(16)12-14;23-20(13-18(14-21(24)25)16-4-2-1-3-5-16)22-10-8-15-6-7-17-9-11-26-19(17)12-15/h2-7,13,19H,8-12,14H2,1H3,(H,23,24)(H,25,26);1-6,11,17H,7-10,12-13H2,(H,23,24)(H,25,26);2-7,12,18H,8-11,13H2,1H3,(H,22,23)(H,24,25);1-7,12,18H,8-11,13-14H2,(H,22,23)(H,24,25). The maximum Gasteiger partial charge on any atom is 0.311 e. The van der Waals surface area contributed by atoms with E-state index in [2.05, 4.69) is 63.7 Å². The molecule has 0 radical (unpaired) electrons. The minimum atomic E-state index is -1.02. The number of ether oxygens (including phenoxy) is 5. The summed E-state index contributed by atoms with van der Waals surface area (Å²) < 4.78 is 27.3. The number of nitrogens with one attached hydrogen (secondary N) is 4. The molecule has 21 nitrogen and oxygen atoms in total. The molecule has 0 saturated heterocycles. The van der Waals surface area contributed by atoms with Crippen LogP contribution in [0.5, 0.6) is 28.7 Å². The van der Waals surface area contributed by atoms with Crippen molar-refractivity contribution in [1.82, 2.24) is 21.3 Å². The molecule has 0 aliphatic carbocycles. The minimum absolute atomic E-state index is 0.0174. The van der Waals surface area contributed by atoms with Crippen LogP contribution in [0.15, 0.2) is 176 Å². The average Bonchev–Trinajstić information content (AvgIpc) is 1.72. The molecule has 4 aliphatic rings. The van der Waals surface area contributed by atoms with Gasteiger partial charge in [0.25, 0.3) is 0 Å². The van der Waals surface area contributed by atoms with E-state index in [0.717, 1.165) is 126 Å². The number of benzene rings is 8.